The van der Waals surface area contributed by atoms with Crippen LogP contribution in [0.3, 0.4) is 0 Å². The maximum Gasteiger partial charge on any atom is 0.418 e. The summed E-state index contributed by atoms with van der Waals surface area (Å²) in [5.41, 5.74) is -2.93. The topological polar surface area (TPSA) is 84.5 Å². The molecule has 0 atom stereocenters. The number of ether oxygens (including phenoxy) is 1. The molecule has 0 aliphatic rings. The average molecular weight is 553 g/mol. The van der Waals surface area contributed by atoms with Crippen LogP contribution in [0.2, 0.25) is 5.02 Å². The van der Waals surface area contributed by atoms with Crippen molar-refractivity contribution in [2.24, 2.45) is 0 Å². The summed E-state index contributed by atoms with van der Waals surface area (Å²) in [5.74, 6) is -1.10. The molecular weight excluding hydrogens is 538 g/mol. The summed E-state index contributed by atoms with van der Waals surface area (Å²) < 4.78 is 110. The van der Waals surface area contributed by atoms with Gasteiger partial charge >= 0.3 is 12.4 Å². The molecule has 0 radical (unpaired) electrons. The van der Waals surface area contributed by atoms with Gasteiger partial charge in [-0.25, -0.2) is 8.42 Å². The van der Waals surface area contributed by atoms with Crippen molar-refractivity contribution in [1.82, 2.24) is 0 Å². The van der Waals surface area contributed by atoms with Gasteiger partial charge in [-0.3, -0.25) is 9.52 Å². The van der Waals surface area contributed by atoms with Gasteiger partial charge in [0, 0.05) is 5.69 Å². The van der Waals surface area contributed by atoms with E-state index in [9.17, 15) is 39.6 Å². The van der Waals surface area contributed by atoms with E-state index in [1.807, 2.05) is 4.72 Å². The number of nitrogens with one attached hydrogen (secondary N) is 2. The maximum atomic E-state index is 13.0. The van der Waals surface area contributed by atoms with E-state index in [1.165, 1.54) is 6.07 Å². The van der Waals surface area contributed by atoms with E-state index in [-0.39, 0.29) is 16.5 Å². The number of benzene rings is 3. The molecular formula is C22H15ClF6N2O4S. The fraction of sp³-hybridized carbons (Fsp3) is 0.136. The number of alkyl halides is 6. The summed E-state index contributed by atoms with van der Waals surface area (Å²) in [4.78, 5) is 11.7. The lowest BCUT2D eigenvalue weighted by Gasteiger charge is -2.14. The van der Waals surface area contributed by atoms with Crippen LogP contribution in [0.5, 0.6) is 5.75 Å². The molecule has 0 aliphatic carbocycles. The Morgan fingerprint density at radius 1 is 0.889 bits per heavy atom. The molecule has 6 nitrogen and oxygen atoms in total. The Hall–Kier alpha value is -3.45. The van der Waals surface area contributed by atoms with Gasteiger partial charge in [0.25, 0.3) is 15.9 Å². The van der Waals surface area contributed by atoms with Crippen molar-refractivity contribution >= 4 is 38.9 Å². The Labute approximate surface area is 205 Å². The molecule has 3 rings (SSSR count). The molecule has 0 saturated heterocycles. The van der Waals surface area contributed by atoms with Gasteiger partial charge < -0.3 is 10.1 Å². The average Bonchev–Trinajstić information content (AvgIpc) is 2.77. The fourth-order valence-electron chi connectivity index (χ4n) is 2.91. The van der Waals surface area contributed by atoms with Crippen molar-refractivity contribution in [2.45, 2.75) is 17.2 Å². The van der Waals surface area contributed by atoms with E-state index in [1.54, 1.807) is 0 Å². The number of anilines is 2. The van der Waals surface area contributed by atoms with E-state index in [0.717, 1.165) is 54.6 Å². The molecule has 0 bridgehead atoms. The van der Waals surface area contributed by atoms with Crippen molar-refractivity contribution in [2.75, 3.05) is 16.6 Å². The van der Waals surface area contributed by atoms with Crippen molar-refractivity contribution in [3.8, 4) is 5.75 Å². The Bertz CT molecular complexity index is 1380. The molecule has 3 aromatic carbocycles. The number of carbonyl (C=O) groups is 1. The highest BCUT2D eigenvalue weighted by molar-refractivity contribution is 7.92. The Kier molecular flexibility index (Phi) is 7.74. The molecule has 0 fully saturated rings. The van der Waals surface area contributed by atoms with E-state index in [2.05, 4.69) is 5.32 Å². The Morgan fingerprint density at radius 2 is 1.58 bits per heavy atom. The summed E-state index contributed by atoms with van der Waals surface area (Å²) in [6, 6.07) is 10.9. The Balaban J connectivity index is 1.69. The van der Waals surface area contributed by atoms with Crippen molar-refractivity contribution in [1.29, 1.82) is 0 Å². The first kappa shape index (κ1) is 27.1. The normalized spacial score (nSPS) is 12.2. The van der Waals surface area contributed by atoms with E-state index in [0.29, 0.717) is 6.07 Å². The second kappa shape index (κ2) is 10.3. The highest BCUT2D eigenvalue weighted by Crippen LogP contribution is 2.35. The second-order valence-corrected chi connectivity index (χ2v) is 9.25. The smallest absolute Gasteiger partial charge is 0.418 e. The highest BCUT2D eigenvalue weighted by atomic mass is 35.5. The van der Waals surface area contributed by atoms with Crippen LogP contribution in [0.25, 0.3) is 0 Å². The number of rotatable bonds is 7. The molecule has 2 N–H and O–H groups in total. The fourth-order valence-corrected chi connectivity index (χ4v) is 4.28. The zero-order valence-corrected chi connectivity index (χ0v) is 19.3. The minimum absolute atomic E-state index is 0.158. The van der Waals surface area contributed by atoms with Gasteiger partial charge in [-0.15, -0.1) is 0 Å². The van der Waals surface area contributed by atoms with Crippen LogP contribution < -0.4 is 14.8 Å². The van der Waals surface area contributed by atoms with Crippen LogP contribution in [0.15, 0.2) is 71.6 Å². The van der Waals surface area contributed by atoms with Crippen LogP contribution in [0.4, 0.5) is 37.7 Å². The Morgan fingerprint density at radius 3 is 2.22 bits per heavy atom. The third-order valence-electron chi connectivity index (χ3n) is 4.52. The summed E-state index contributed by atoms with van der Waals surface area (Å²) in [6.07, 6.45) is -9.37. The number of para-hydroxylation sites is 1. The number of halogens is 7. The van der Waals surface area contributed by atoms with Gasteiger partial charge in [0.1, 0.15) is 5.75 Å². The number of sulfonamides is 1. The van der Waals surface area contributed by atoms with Gasteiger partial charge in [-0.2, -0.15) is 26.3 Å². The highest BCUT2D eigenvalue weighted by Gasteiger charge is 2.33. The monoisotopic (exact) mass is 552 g/mol. The number of hydrogen-bond acceptors (Lipinski definition) is 4. The minimum Gasteiger partial charge on any atom is -0.482 e. The van der Waals surface area contributed by atoms with Crippen LogP contribution in [0, 0.1) is 0 Å². The molecule has 192 valence electrons. The molecule has 0 saturated carbocycles. The molecule has 0 spiro atoms. The number of carbonyl (C=O) groups excluding carboxylic acids is 1. The number of hydrogen-bond donors (Lipinski definition) is 2. The first-order chi connectivity index (χ1) is 16.7. The number of amides is 1. The predicted octanol–water partition coefficient (Wildman–Crippen LogP) is 6.20. The molecule has 0 unspecified atom stereocenters. The molecule has 0 heterocycles. The van der Waals surface area contributed by atoms with E-state index >= 15 is 0 Å². The van der Waals surface area contributed by atoms with Crippen LogP contribution in [-0.2, 0) is 27.2 Å². The largest absolute Gasteiger partial charge is 0.482 e. The lowest BCUT2D eigenvalue weighted by molar-refractivity contribution is -0.138. The van der Waals surface area contributed by atoms with Gasteiger partial charge in [-0.05, 0) is 48.5 Å². The third kappa shape index (κ3) is 6.82. The zero-order chi connectivity index (χ0) is 26.7. The summed E-state index contributed by atoms with van der Waals surface area (Å²) in [7, 11) is -4.35. The second-order valence-electron chi connectivity index (χ2n) is 7.16. The first-order valence-corrected chi connectivity index (χ1v) is 11.6. The lowest BCUT2D eigenvalue weighted by atomic mass is 10.1. The third-order valence-corrected chi connectivity index (χ3v) is 6.20. The van der Waals surface area contributed by atoms with Crippen molar-refractivity contribution < 1.29 is 44.3 Å². The van der Waals surface area contributed by atoms with Crippen LogP contribution >= 0.6 is 11.6 Å². The minimum atomic E-state index is -4.70. The first-order valence-electron chi connectivity index (χ1n) is 9.75. The van der Waals surface area contributed by atoms with Crippen molar-refractivity contribution in [3.63, 3.8) is 0 Å². The molecule has 3 aromatic rings. The van der Waals surface area contributed by atoms with Crippen LogP contribution in [0.1, 0.15) is 11.1 Å². The molecule has 0 aliphatic heterocycles. The molecule has 0 aromatic heterocycles. The molecule has 14 heteroatoms. The van der Waals surface area contributed by atoms with Gasteiger partial charge in [0.15, 0.2) is 6.61 Å². The lowest BCUT2D eigenvalue weighted by Crippen LogP contribution is -2.22. The van der Waals surface area contributed by atoms with Crippen molar-refractivity contribution in [3.05, 3.63) is 82.9 Å². The van der Waals surface area contributed by atoms with Crippen LogP contribution in [-0.4, -0.2) is 20.9 Å². The SMILES string of the molecule is O=C(COc1ccc(S(=O)(=O)Nc2cccc(C(F)(F)F)c2)cc1Cl)Nc1ccccc1C(F)(F)F. The molecule has 1 amide bonds. The van der Waals surface area contributed by atoms with Gasteiger partial charge in [-0.1, -0.05) is 29.8 Å². The quantitative estimate of drug-likeness (QED) is 0.342. The predicted molar refractivity (Wildman–Crippen MR) is 119 cm³/mol. The zero-order valence-electron chi connectivity index (χ0n) is 17.7. The summed E-state index contributed by atoms with van der Waals surface area (Å²) >= 11 is 6.01. The summed E-state index contributed by atoms with van der Waals surface area (Å²) in [5, 5.41) is 1.80. The summed E-state index contributed by atoms with van der Waals surface area (Å²) in [6.45, 7) is -0.750. The van der Waals surface area contributed by atoms with E-state index < -0.39 is 56.6 Å². The molecule has 36 heavy (non-hydrogen) atoms. The maximum absolute atomic E-state index is 13.0. The standard InChI is InChI=1S/C22H15ClF6N2O4S/c23-17-11-15(36(33,34)31-14-5-3-4-13(10-14)21(24,25)26)8-9-19(17)35-12-20(32)30-18-7-2-1-6-16(18)22(27,28)29/h1-11,31H,12H2,(H,30,32). The van der Waals surface area contributed by atoms with Gasteiger partial charge in [0.05, 0.1) is 26.7 Å². The van der Waals surface area contributed by atoms with Gasteiger partial charge in [0.2, 0.25) is 0 Å². The van der Waals surface area contributed by atoms with E-state index in [4.69, 9.17) is 16.3 Å².